The highest BCUT2D eigenvalue weighted by atomic mass is 32.2. The first-order chi connectivity index (χ1) is 12.0. The molecule has 9 heteroatoms. The normalized spacial score (nSPS) is 10.7. The lowest BCUT2D eigenvalue weighted by molar-refractivity contribution is -0.117. The summed E-state index contributed by atoms with van der Waals surface area (Å²) in [4.78, 5) is 40.5. The number of carbonyl (C=O) groups is 2. The van der Waals surface area contributed by atoms with Crippen LogP contribution in [0.15, 0.2) is 51.7 Å². The molecule has 2 amide bonds. The Morgan fingerprint density at radius 3 is 2.88 bits per heavy atom. The molecule has 0 atom stereocenters. The van der Waals surface area contributed by atoms with Gasteiger partial charge in [-0.3, -0.25) is 19.0 Å². The monoisotopic (exact) mass is 374 g/mol. The molecule has 0 saturated heterocycles. The molecule has 0 unspecified atom stereocenters. The molecule has 128 valence electrons. The van der Waals surface area contributed by atoms with Crippen molar-refractivity contribution in [2.75, 3.05) is 11.1 Å². The minimum atomic E-state index is -0.437. The van der Waals surface area contributed by atoms with Crippen LogP contribution in [-0.4, -0.2) is 27.1 Å². The quantitative estimate of drug-likeness (QED) is 0.638. The van der Waals surface area contributed by atoms with Crippen LogP contribution in [0.4, 0.5) is 5.69 Å². The molecule has 3 aromatic rings. The Balaban J connectivity index is 1.75. The van der Waals surface area contributed by atoms with E-state index in [1.807, 2.05) is 0 Å². The number of rotatable bonds is 6. The number of para-hydroxylation sites is 1. The van der Waals surface area contributed by atoms with E-state index in [0.717, 1.165) is 4.90 Å². The molecule has 0 radical (unpaired) electrons. The number of primary amides is 1. The number of fused-ring (bicyclic) bond motifs is 1. The first-order valence-electron chi connectivity index (χ1n) is 7.27. The van der Waals surface area contributed by atoms with Crippen LogP contribution in [0, 0.1) is 0 Å². The minimum absolute atomic E-state index is 0.116. The topological polar surface area (TPSA) is 107 Å². The largest absolute Gasteiger partial charge is 0.369 e. The van der Waals surface area contributed by atoms with Gasteiger partial charge in [-0.2, -0.15) is 0 Å². The predicted octanol–water partition coefficient (Wildman–Crippen LogP) is 1.67. The van der Waals surface area contributed by atoms with Crippen LogP contribution < -0.4 is 16.6 Å². The van der Waals surface area contributed by atoms with Crippen LogP contribution in [0.5, 0.6) is 0 Å². The predicted molar refractivity (Wildman–Crippen MR) is 98.9 cm³/mol. The molecular weight excluding hydrogens is 360 g/mol. The summed E-state index contributed by atoms with van der Waals surface area (Å²) in [6.07, 6.45) is 1.37. The molecule has 3 rings (SSSR count). The zero-order valence-electron chi connectivity index (χ0n) is 13.0. The Morgan fingerprint density at radius 2 is 2.08 bits per heavy atom. The van der Waals surface area contributed by atoms with Gasteiger partial charge in [-0.1, -0.05) is 12.1 Å². The third-order valence-corrected chi connectivity index (χ3v) is 5.27. The van der Waals surface area contributed by atoms with Crippen molar-refractivity contribution in [1.29, 1.82) is 0 Å². The van der Waals surface area contributed by atoms with Crippen molar-refractivity contribution < 1.29 is 9.59 Å². The lowest BCUT2D eigenvalue weighted by atomic mass is 10.3. The van der Waals surface area contributed by atoms with Crippen molar-refractivity contribution in [2.45, 2.75) is 11.4 Å². The van der Waals surface area contributed by atoms with E-state index in [-0.39, 0.29) is 23.8 Å². The molecule has 2 aromatic heterocycles. The molecule has 1 aromatic carbocycles. The zero-order valence-corrected chi connectivity index (χ0v) is 14.6. The van der Waals surface area contributed by atoms with E-state index < -0.39 is 5.91 Å². The molecule has 0 aliphatic heterocycles. The van der Waals surface area contributed by atoms with Gasteiger partial charge >= 0.3 is 0 Å². The van der Waals surface area contributed by atoms with Crippen molar-refractivity contribution in [3.05, 3.63) is 52.4 Å². The first kappa shape index (κ1) is 17.2. The van der Waals surface area contributed by atoms with Gasteiger partial charge in [0.2, 0.25) is 11.8 Å². The van der Waals surface area contributed by atoms with Crippen LogP contribution >= 0.6 is 23.1 Å². The summed E-state index contributed by atoms with van der Waals surface area (Å²) in [6, 6.07) is 8.85. The number of carbonyl (C=O) groups excluding carboxylic acids is 2. The van der Waals surface area contributed by atoms with Gasteiger partial charge in [-0.25, -0.2) is 4.98 Å². The molecule has 0 aliphatic carbocycles. The van der Waals surface area contributed by atoms with Gasteiger partial charge in [0.05, 0.1) is 23.3 Å². The van der Waals surface area contributed by atoms with Gasteiger partial charge in [0, 0.05) is 4.90 Å². The molecular formula is C16H14N4O3S2. The summed E-state index contributed by atoms with van der Waals surface area (Å²) < 4.78 is 1.79. The number of nitrogens with zero attached hydrogens (tertiary/aromatic N) is 2. The van der Waals surface area contributed by atoms with E-state index in [1.54, 1.807) is 35.7 Å². The number of benzene rings is 1. The number of thiophene rings is 1. The number of anilines is 1. The van der Waals surface area contributed by atoms with Crippen molar-refractivity contribution in [1.82, 2.24) is 9.55 Å². The fourth-order valence-electron chi connectivity index (χ4n) is 2.18. The van der Waals surface area contributed by atoms with Gasteiger partial charge in [-0.15, -0.1) is 23.1 Å². The Labute approximate surface area is 150 Å². The first-order valence-corrected chi connectivity index (χ1v) is 9.14. The average molecular weight is 374 g/mol. The Morgan fingerprint density at radius 1 is 1.28 bits per heavy atom. The maximum Gasteiger partial charge on any atom is 0.271 e. The standard InChI is InChI=1S/C16H14N4O3S2/c17-13(21)8-25-12-4-2-1-3-10(12)19-14(22)7-20-9-18-11-5-6-24-15(11)16(20)23/h1-6,9H,7-8H2,(H2,17,21)(H,19,22). The van der Waals surface area contributed by atoms with Crippen LogP contribution in [-0.2, 0) is 16.1 Å². The number of thioether (sulfide) groups is 1. The summed E-state index contributed by atoms with van der Waals surface area (Å²) in [5, 5.41) is 4.54. The second-order valence-corrected chi connectivity index (χ2v) is 7.05. The van der Waals surface area contributed by atoms with Crippen molar-refractivity contribution in [3.63, 3.8) is 0 Å². The number of nitrogens with two attached hydrogens (primary N) is 1. The molecule has 3 N–H and O–H groups in total. The van der Waals surface area contributed by atoms with Crippen LogP contribution in [0.2, 0.25) is 0 Å². The third kappa shape index (κ3) is 4.06. The Kier molecular flexibility index (Phi) is 5.15. The van der Waals surface area contributed by atoms with E-state index in [9.17, 15) is 14.4 Å². The van der Waals surface area contributed by atoms with Crippen molar-refractivity contribution in [3.8, 4) is 0 Å². The van der Waals surface area contributed by atoms with Crippen molar-refractivity contribution >= 4 is 50.8 Å². The molecule has 0 aliphatic rings. The van der Waals surface area contributed by atoms with E-state index in [0.29, 0.717) is 15.9 Å². The summed E-state index contributed by atoms with van der Waals surface area (Å²) in [6.45, 7) is -0.144. The smallest absolute Gasteiger partial charge is 0.271 e. The van der Waals surface area contributed by atoms with Gasteiger partial charge in [0.1, 0.15) is 11.2 Å². The lowest BCUT2D eigenvalue weighted by Gasteiger charge is -2.11. The molecule has 0 bridgehead atoms. The zero-order chi connectivity index (χ0) is 17.8. The van der Waals surface area contributed by atoms with Gasteiger partial charge < -0.3 is 11.1 Å². The highest BCUT2D eigenvalue weighted by Crippen LogP contribution is 2.26. The van der Waals surface area contributed by atoms with E-state index in [1.165, 1.54) is 34.0 Å². The minimum Gasteiger partial charge on any atom is -0.369 e. The number of aromatic nitrogens is 2. The number of nitrogens with one attached hydrogen (secondary N) is 1. The molecule has 0 spiro atoms. The maximum atomic E-state index is 12.3. The Hall–Kier alpha value is -2.65. The number of amides is 2. The number of hydrogen-bond acceptors (Lipinski definition) is 6. The van der Waals surface area contributed by atoms with Gasteiger partial charge in [0.25, 0.3) is 5.56 Å². The lowest BCUT2D eigenvalue weighted by Crippen LogP contribution is -2.27. The third-order valence-electron chi connectivity index (χ3n) is 3.28. The molecule has 7 nitrogen and oxygen atoms in total. The second kappa shape index (κ2) is 7.49. The summed E-state index contributed by atoms with van der Waals surface area (Å²) in [5.41, 5.74) is 6.10. The second-order valence-electron chi connectivity index (χ2n) is 5.11. The van der Waals surface area contributed by atoms with Gasteiger partial charge in [-0.05, 0) is 23.6 Å². The van der Waals surface area contributed by atoms with E-state index >= 15 is 0 Å². The van der Waals surface area contributed by atoms with Gasteiger partial charge in [0.15, 0.2) is 0 Å². The molecule has 0 saturated carbocycles. The summed E-state index contributed by atoms with van der Waals surface area (Å²) >= 11 is 2.54. The average Bonchev–Trinajstić information content (AvgIpc) is 3.06. The van der Waals surface area contributed by atoms with Crippen LogP contribution in [0.25, 0.3) is 10.2 Å². The van der Waals surface area contributed by atoms with E-state index in [2.05, 4.69) is 10.3 Å². The highest BCUT2D eigenvalue weighted by molar-refractivity contribution is 8.00. The molecule has 2 heterocycles. The SMILES string of the molecule is NC(=O)CSc1ccccc1NC(=O)Cn1cnc2ccsc2c1=O. The highest BCUT2D eigenvalue weighted by Gasteiger charge is 2.11. The van der Waals surface area contributed by atoms with Crippen LogP contribution in [0.3, 0.4) is 0 Å². The van der Waals surface area contributed by atoms with Crippen molar-refractivity contribution in [2.24, 2.45) is 5.73 Å². The molecule has 25 heavy (non-hydrogen) atoms. The summed E-state index contributed by atoms with van der Waals surface area (Å²) in [5.74, 6) is -0.675. The summed E-state index contributed by atoms with van der Waals surface area (Å²) in [7, 11) is 0. The molecule has 0 fully saturated rings. The fraction of sp³-hybridized carbons (Fsp3) is 0.125. The number of hydrogen-bond donors (Lipinski definition) is 2. The maximum absolute atomic E-state index is 12.3. The van der Waals surface area contributed by atoms with E-state index in [4.69, 9.17) is 5.73 Å². The Bertz CT molecular complexity index is 996. The van der Waals surface area contributed by atoms with Crippen LogP contribution in [0.1, 0.15) is 0 Å². The fourth-order valence-corrected chi connectivity index (χ4v) is 3.72.